The number of aryl methyl sites for hydroxylation is 2. The highest BCUT2D eigenvalue weighted by Gasteiger charge is 2.24. The van der Waals surface area contributed by atoms with Crippen molar-refractivity contribution < 1.29 is 12.8 Å². The Hall–Kier alpha value is -2.02. The fourth-order valence-electron chi connectivity index (χ4n) is 2.51. The van der Waals surface area contributed by atoms with Gasteiger partial charge in [-0.2, -0.15) is 4.72 Å². The molecule has 6 heteroatoms. The molecule has 0 aliphatic heterocycles. The van der Waals surface area contributed by atoms with Gasteiger partial charge < -0.3 is 0 Å². The molecule has 3 nitrogen and oxygen atoms in total. The molecule has 0 fully saturated rings. The molecule has 0 aliphatic carbocycles. The SMILES string of the molecule is Cc1ccc(S(=O)(=O)NC(c2ccc(F)cc2)c2cccs2)cc1C. The van der Waals surface area contributed by atoms with Crippen LogP contribution in [0.5, 0.6) is 0 Å². The van der Waals surface area contributed by atoms with E-state index < -0.39 is 16.1 Å². The summed E-state index contributed by atoms with van der Waals surface area (Å²) in [6.45, 7) is 3.82. The van der Waals surface area contributed by atoms with E-state index in [9.17, 15) is 12.8 Å². The molecule has 1 heterocycles. The van der Waals surface area contributed by atoms with Gasteiger partial charge in [0.05, 0.1) is 10.9 Å². The molecule has 1 unspecified atom stereocenters. The van der Waals surface area contributed by atoms with Crippen molar-refractivity contribution in [1.82, 2.24) is 4.72 Å². The van der Waals surface area contributed by atoms with Gasteiger partial charge in [0.25, 0.3) is 0 Å². The fraction of sp³-hybridized carbons (Fsp3) is 0.158. The van der Waals surface area contributed by atoms with Crippen molar-refractivity contribution in [3.63, 3.8) is 0 Å². The molecule has 0 saturated heterocycles. The average molecular weight is 375 g/mol. The molecule has 0 spiro atoms. The van der Waals surface area contributed by atoms with E-state index in [-0.39, 0.29) is 10.7 Å². The summed E-state index contributed by atoms with van der Waals surface area (Å²) in [5.41, 5.74) is 2.64. The molecule has 25 heavy (non-hydrogen) atoms. The number of nitrogens with one attached hydrogen (secondary N) is 1. The summed E-state index contributed by atoms with van der Waals surface area (Å²) < 4.78 is 41.7. The van der Waals surface area contributed by atoms with Gasteiger partial charge in [-0.15, -0.1) is 11.3 Å². The number of benzene rings is 2. The summed E-state index contributed by atoms with van der Waals surface area (Å²) >= 11 is 1.45. The van der Waals surface area contributed by atoms with Crippen molar-refractivity contribution in [2.45, 2.75) is 24.8 Å². The maximum Gasteiger partial charge on any atom is 0.241 e. The Kier molecular flexibility index (Phi) is 5.03. The third-order valence-electron chi connectivity index (χ3n) is 4.09. The zero-order chi connectivity index (χ0) is 18.0. The quantitative estimate of drug-likeness (QED) is 0.710. The van der Waals surface area contributed by atoms with Gasteiger partial charge in [-0.25, -0.2) is 12.8 Å². The predicted octanol–water partition coefficient (Wildman–Crippen LogP) is 4.57. The zero-order valence-corrected chi connectivity index (χ0v) is 15.5. The minimum atomic E-state index is -3.72. The van der Waals surface area contributed by atoms with Gasteiger partial charge in [0.1, 0.15) is 5.82 Å². The van der Waals surface area contributed by atoms with E-state index in [4.69, 9.17) is 0 Å². The van der Waals surface area contributed by atoms with Crippen LogP contribution >= 0.6 is 11.3 Å². The minimum absolute atomic E-state index is 0.222. The van der Waals surface area contributed by atoms with Crippen LogP contribution in [0.1, 0.15) is 27.6 Å². The Labute approximate surface area is 151 Å². The Morgan fingerprint density at radius 2 is 1.72 bits per heavy atom. The van der Waals surface area contributed by atoms with Crippen molar-refractivity contribution in [3.05, 3.63) is 87.4 Å². The van der Waals surface area contributed by atoms with Crippen LogP contribution in [0.3, 0.4) is 0 Å². The molecule has 1 atom stereocenters. The normalized spacial score (nSPS) is 12.9. The summed E-state index contributed by atoms with van der Waals surface area (Å²) in [6.07, 6.45) is 0. The van der Waals surface area contributed by atoms with E-state index in [0.29, 0.717) is 5.56 Å². The maximum atomic E-state index is 13.2. The van der Waals surface area contributed by atoms with Gasteiger partial charge in [0, 0.05) is 4.88 Å². The lowest BCUT2D eigenvalue weighted by Gasteiger charge is -2.18. The van der Waals surface area contributed by atoms with Crippen LogP contribution in [0.4, 0.5) is 4.39 Å². The van der Waals surface area contributed by atoms with Crippen LogP contribution in [-0.2, 0) is 10.0 Å². The molecule has 3 aromatic rings. The first-order chi connectivity index (χ1) is 11.9. The molecular weight excluding hydrogens is 357 g/mol. The monoisotopic (exact) mass is 375 g/mol. The van der Waals surface area contributed by atoms with Crippen LogP contribution in [0.25, 0.3) is 0 Å². The van der Waals surface area contributed by atoms with Crippen LogP contribution < -0.4 is 4.72 Å². The Bertz CT molecular complexity index is 965. The first-order valence-electron chi connectivity index (χ1n) is 7.75. The van der Waals surface area contributed by atoms with Gasteiger partial charge in [-0.05, 0) is 66.2 Å². The fourth-order valence-corrected chi connectivity index (χ4v) is 4.67. The molecule has 1 aromatic heterocycles. The van der Waals surface area contributed by atoms with Crippen LogP contribution in [0.2, 0.25) is 0 Å². The predicted molar refractivity (Wildman–Crippen MR) is 98.8 cm³/mol. The number of hydrogen-bond acceptors (Lipinski definition) is 3. The van der Waals surface area contributed by atoms with Crippen molar-refractivity contribution in [2.24, 2.45) is 0 Å². The number of thiophene rings is 1. The first-order valence-corrected chi connectivity index (χ1v) is 10.1. The first kappa shape index (κ1) is 17.8. The summed E-state index contributed by atoms with van der Waals surface area (Å²) in [7, 11) is -3.72. The zero-order valence-electron chi connectivity index (χ0n) is 13.9. The molecule has 130 valence electrons. The second-order valence-corrected chi connectivity index (χ2v) is 8.56. The summed E-state index contributed by atoms with van der Waals surface area (Å²) in [5.74, 6) is -0.356. The number of rotatable bonds is 5. The molecule has 0 bridgehead atoms. The lowest BCUT2D eigenvalue weighted by atomic mass is 10.1. The lowest BCUT2D eigenvalue weighted by molar-refractivity contribution is 0.573. The average Bonchev–Trinajstić information content (AvgIpc) is 3.10. The molecule has 1 N–H and O–H groups in total. The van der Waals surface area contributed by atoms with E-state index in [1.165, 1.54) is 23.5 Å². The van der Waals surface area contributed by atoms with Crippen LogP contribution in [0.15, 0.2) is 64.9 Å². The molecular formula is C19H18FNO2S2. The van der Waals surface area contributed by atoms with Gasteiger partial charge in [-0.3, -0.25) is 0 Å². The van der Waals surface area contributed by atoms with E-state index in [2.05, 4.69) is 4.72 Å². The summed E-state index contributed by atoms with van der Waals surface area (Å²) in [4.78, 5) is 1.07. The Morgan fingerprint density at radius 1 is 1.00 bits per heavy atom. The van der Waals surface area contributed by atoms with Gasteiger partial charge >= 0.3 is 0 Å². The molecule has 0 aliphatic rings. The third kappa shape index (κ3) is 3.98. The molecule has 0 radical (unpaired) electrons. The second-order valence-electron chi connectivity index (χ2n) is 5.87. The van der Waals surface area contributed by atoms with Gasteiger partial charge in [-0.1, -0.05) is 24.3 Å². The standard InChI is InChI=1S/C19H18FNO2S2/c1-13-5-10-17(12-14(13)2)25(22,23)21-19(18-4-3-11-24-18)15-6-8-16(20)9-7-15/h3-12,19,21H,1-2H3. The molecule has 0 amide bonds. The maximum absolute atomic E-state index is 13.2. The second kappa shape index (κ2) is 7.07. The van der Waals surface area contributed by atoms with Gasteiger partial charge in [0.15, 0.2) is 0 Å². The highest BCUT2D eigenvalue weighted by molar-refractivity contribution is 7.89. The van der Waals surface area contributed by atoms with Crippen molar-refractivity contribution >= 4 is 21.4 Å². The lowest BCUT2D eigenvalue weighted by Crippen LogP contribution is -2.29. The highest BCUT2D eigenvalue weighted by Crippen LogP contribution is 2.28. The summed E-state index contributed by atoms with van der Waals surface area (Å²) in [5, 5.41) is 1.89. The smallest absolute Gasteiger partial charge is 0.207 e. The highest BCUT2D eigenvalue weighted by atomic mass is 32.2. The molecule has 3 rings (SSSR count). The van der Waals surface area contributed by atoms with Crippen molar-refractivity contribution in [3.8, 4) is 0 Å². The van der Waals surface area contributed by atoms with Crippen LogP contribution in [-0.4, -0.2) is 8.42 Å². The summed E-state index contributed by atoms with van der Waals surface area (Å²) in [6, 6.07) is 14.1. The topological polar surface area (TPSA) is 46.2 Å². The number of sulfonamides is 1. The van der Waals surface area contributed by atoms with Crippen molar-refractivity contribution in [1.29, 1.82) is 0 Å². The minimum Gasteiger partial charge on any atom is -0.207 e. The van der Waals surface area contributed by atoms with E-state index in [1.54, 1.807) is 30.3 Å². The Morgan fingerprint density at radius 3 is 2.32 bits per heavy atom. The van der Waals surface area contributed by atoms with E-state index in [0.717, 1.165) is 16.0 Å². The Balaban J connectivity index is 1.99. The molecule has 2 aromatic carbocycles. The third-order valence-corrected chi connectivity index (χ3v) is 6.45. The van der Waals surface area contributed by atoms with Crippen LogP contribution in [0, 0.1) is 19.7 Å². The van der Waals surface area contributed by atoms with Crippen molar-refractivity contribution in [2.75, 3.05) is 0 Å². The largest absolute Gasteiger partial charge is 0.241 e. The number of halogens is 1. The molecule has 0 saturated carbocycles. The van der Waals surface area contributed by atoms with E-state index >= 15 is 0 Å². The number of hydrogen-bond donors (Lipinski definition) is 1. The van der Waals surface area contributed by atoms with Gasteiger partial charge in [0.2, 0.25) is 10.0 Å². The van der Waals surface area contributed by atoms with E-state index in [1.807, 2.05) is 31.4 Å².